The molecular formula is C20H26N4O2. The number of nitrogens with one attached hydrogen (secondary N) is 1. The zero-order chi connectivity index (χ0) is 19.1. The molecule has 6 nitrogen and oxygen atoms in total. The Labute approximate surface area is 154 Å². The van der Waals surface area contributed by atoms with E-state index in [0.29, 0.717) is 25.2 Å². The highest BCUT2D eigenvalue weighted by Crippen LogP contribution is 2.19. The first-order valence-corrected chi connectivity index (χ1v) is 8.70. The molecule has 6 heteroatoms. The summed E-state index contributed by atoms with van der Waals surface area (Å²) in [7, 11) is 0. The summed E-state index contributed by atoms with van der Waals surface area (Å²) in [5.74, 6) is -1.22. The Hall–Kier alpha value is -2.89. The second-order valence-corrected chi connectivity index (χ2v) is 6.58. The molecule has 0 spiro atoms. The Morgan fingerprint density at radius 1 is 1.23 bits per heavy atom. The predicted molar refractivity (Wildman–Crippen MR) is 102 cm³/mol. The average molecular weight is 354 g/mol. The molecule has 1 heterocycles. The zero-order valence-electron chi connectivity index (χ0n) is 15.2. The van der Waals surface area contributed by atoms with Crippen LogP contribution in [-0.4, -0.2) is 16.8 Å². The van der Waals surface area contributed by atoms with Crippen LogP contribution >= 0.6 is 0 Å². The standard InChI is InChI=1S/C20H26N4O2/c1-13-10-18(21)23-11-16(13)12-24-20(26)14(2)17(19(22)25)9-8-15-6-4-3-5-7-15/h3-7,10-11,14,17H,8-9,12H2,1-2H3,(H2,21,23)(H2,22,25)(H,24,26)/t14-,17?/m0/s1. The van der Waals surface area contributed by atoms with Gasteiger partial charge < -0.3 is 16.8 Å². The van der Waals surface area contributed by atoms with Crippen LogP contribution in [0.5, 0.6) is 0 Å². The van der Waals surface area contributed by atoms with Crippen molar-refractivity contribution >= 4 is 17.6 Å². The van der Waals surface area contributed by atoms with Crippen molar-refractivity contribution in [3.63, 3.8) is 0 Å². The van der Waals surface area contributed by atoms with Gasteiger partial charge >= 0.3 is 0 Å². The number of primary amides is 1. The van der Waals surface area contributed by atoms with Crippen LogP contribution in [0.4, 0.5) is 5.82 Å². The van der Waals surface area contributed by atoms with Crippen LogP contribution in [0.1, 0.15) is 30.0 Å². The van der Waals surface area contributed by atoms with Gasteiger partial charge in [-0.3, -0.25) is 9.59 Å². The van der Waals surface area contributed by atoms with Gasteiger partial charge in [-0.1, -0.05) is 37.3 Å². The van der Waals surface area contributed by atoms with Gasteiger partial charge in [0.1, 0.15) is 5.82 Å². The van der Waals surface area contributed by atoms with Crippen molar-refractivity contribution in [2.75, 3.05) is 5.73 Å². The number of amides is 2. The van der Waals surface area contributed by atoms with Crippen LogP contribution in [-0.2, 0) is 22.6 Å². The topological polar surface area (TPSA) is 111 Å². The van der Waals surface area contributed by atoms with Crippen molar-refractivity contribution in [2.24, 2.45) is 17.6 Å². The van der Waals surface area contributed by atoms with Gasteiger partial charge in [-0.05, 0) is 42.5 Å². The lowest BCUT2D eigenvalue weighted by molar-refractivity contribution is -0.133. The summed E-state index contributed by atoms with van der Waals surface area (Å²) in [6, 6.07) is 11.6. The minimum Gasteiger partial charge on any atom is -0.384 e. The van der Waals surface area contributed by atoms with Gasteiger partial charge in [0.05, 0.1) is 0 Å². The van der Waals surface area contributed by atoms with Crippen molar-refractivity contribution in [1.82, 2.24) is 10.3 Å². The Balaban J connectivity index is 1.95. The quantitative estimate of drug-likeness (QED) is 0.673. The van der Waals surface area contributed by atoms with E-state index in [1.54, 1.807) is 19.2 Å². The summed E-state index contributed by atoms with van der Waals surface area (Å²) in [6.45, 7) is 3.99. The van der Waals surface area contributed by atoms with Gasteiger partial charge in [0.2, 0.25) is 11.8 Å². The number of anilines is 1. The van der Waals surface area contributed by atoms with Crippen LogP contribution in [0.25, 0.3) is 0 Å². The molecule has 0 aliphatic carbocycles. The van der Waals surface area contributed by atoms with E-state index in [9.17, 15) is 9.59 Å². The number of pyridine rings is 1. The molecule has 0 saturated carbocycles. The fourth-order valence-electron chi connectivity index (χ4n) is 2.92. The first-order valence-electron chi connectivity index (χ1n) is 8.70. The van der Waals surface area contributed by atoms with Crippen LogP contribution in [0, 0.1) is 18.8 Å². The number of carbonyl (C=O) groups is 2. The van der Waals surface area contributed by atoms with Gasteiger partial charge in [-0.2, -0.15) is 0 Å². The zero-order valence-corrected chi connectivity index (χ0v) is 15.2. The Bertz CT molecular complexity index is 762. The minimum atomic E-state index is -0.513. The third-order valence-electron chi connectivity index (χ3n) is 4.66. The lowest BCUT2D eigenvalue weighted by atomic mass is 9.87. The van der Waals surface area contributed by atoms with E-state index in [0.717, 1.165) is 16.7 Å². The fourth-order valence-corrected chi connectivity index (χ4v) is 2.92. The SMILES string of the molecule is Cc1cc(N)ncc1CNC(=O)[C@@H](C)C(CCc1ccccc1)C(N)=O. The largest absolute Gasteiger partial charge is 0.384 e. The maximum Gasteiger partial charge on any atom is 0.223 e. The number of nitrogen functional groups attached to an aromatic ring is 1. The Morgan fingerprint density at radius 3 is 2.54 bits per heavy atom. The second-order valence-electron chi connectivity index (χ2n) is 6.58. The molecule has 2 rings (SSSR count). The summed E-state index contributed by atoms with van der Waals surface area (Å²) in [5, 5.41) is 2.87. The molecule has 1 aromatic carbocycles. The summed E-state index contributed by atoms with van der Waals surface area (Å²) in [4.78, 5) is 28.4. The molecule has 0 aliphatic rings. The molecule has 5 N–H and O–H groups in total. The van der Waals surface area contributed by atoms with E-state index >= 15 is 0 Å². The minimum absolute atomic E-state index is 0.196. The molecule has 2 aromatic rings. The summed E-state index contributed by atoms with van der Waals surface area (Å²) in [5.41, 5.74) is 14.1. The van der Waals surface area contributed by atoms with Crippen molar-refractivity contribution in [1.29, 1.82) is 0 Å². The number of carbonyl (C=O) groups excluding carboxylic acids is 2. The van der Waals surface area contributed by atoms with E-state index in [-0.39, 0.29) is 5.91 Å². The van der Waals surface area contributed by atoms with Crippen LogP contribution in [0.15, 0.2) is 42.6 Å². The van der Waals surface area contributed by atoms with Crippen LogP contribution < -0.4 is 16.8 Å². The number of benzene rings is 1. The molecule has 1 unspecified atom stereocenters. The number of rotatable bonds is 8. The molecule has 0 saturated heterocycles. The molecule has 138 valence electrons. The van der Waals surface area contributed by atoms with Gasteiger partial charge in [0.15, 0.2) is 0 Å². The number of nitrogens with zero attached hydrogens (tertiary/aromatic N) is 1. The van der Waals surface area contributed by atoms with E-state index in [1.165, 1.54) is 0 Å². The van der Waals surface area contributed by atoms with Gasteiger partial charge in [-0.25, -0.2) is 4.98 Å². The van der Waals surface area contributed by atoms with Crippen LogP contribution in [0.3, 0.4) is 0 Å². The highest BCUT2D eigenvalue weighted by Gasteiger charge is 2.28. The lowest BCUT2D eigenvalue weighted by Gasteiger charge is -2.21. The molecule has 2 atom stereocenters. The van der Waals surface area contributed by atoms with E-state index in [1.807, 2.05) is 37.3 Å². The number of nitrogens with two attached hydrogens (primary N) is 2. The Morgan fingerprint density at radius 2 is 1.92 bits per heavy atom. The fraction of sp³-hybridized carbons (Fsp3) is 0.350. The maximum absolute atomic E-state index is 12.5. The van der Waals surface area contributed by atoms with Gasteiger partial charge in [0, 0.05) is 24.6 Å². The predicted octanol–water partition coefficient (Wildman–Crippen LogP) is 1.96. The number of hydrogen-bond acceptors (Lipinski definition) is 4. The van der Waals surface area contributed by atoms with Gasteiger partial charge in [0.25, 0.3) is 0 Å². The summed E-state index contributed by atoms with van der Waals surface area (Å²) >= 11 is 0. The highest BCUT2D eigenvalue weighted by molar-refractivity contribution is 5.86. The van der Waals surface area contributed by atoms with Crippen molar-refractivity contribution < 1.29 is 9.59 Å². The average Bonchev–Trinajstić information content (AvgIpc) is 2.61. The first kappa shape index (κ1) is 19.4. The monoisotopic (exact) mass is 354 g/mol. The first-order chi connectivity index (χ1) is 12.4. The molecule has 0 aliphatic heterocycles. The van der Waals surface area contributed by atoms with E-state index < -0.39 is 17.7 Å². The lowest BCUT2D eigenvalue weighted by Crippen LogP contribution is -2.39. The number of aryl methyl sites for hydroxylation is 2. The molecular weight excluding hydrogens is 328 g/mol. The Kier molecular flexibility index (Phi) is 6.72. The molecule has 26 heavy (non-hydrogen) atoms. The number of hydrogen-bond donors (Lipinski definition) is 3. The van der Waals surface area contributed by atoms with Crippen molar-refractivity contribution in [2.45, 2.75) is 33.2 Å². The van der Waals surface area contributed by atoms with Crippen molar-refractivity contribution in [3.05, 3.63) is 59.3 Å². The van der Waals surface area contributed by atoms with Crippen LogP contribution in [0.2, 0.25) is 0 Å². The molecule has 1 aromatic heterocycles. The van der Waals surface area contributed by atoms with E-state index in [4.69, 9.17) is 11.5 Å². The molecule has 0 bridgehead atoms. The highest BCUT2D eigenvalue weighted by atomic mass is 16.2. The maximum atomic E-state index is 12.5. The second kappa shape index (κ2) is 8.99. The number of aromatic nitrogens is 1. The third-order valence-corrected chi connectivity index (χ3v) is 4.66. The summed E-state index contributed by atoms with van der Waals surface area (Å²) < 4.78 is 0. The molecule has 2 amide bonds. The van der Waals surface area contributed by atoms with Crippen molar-refractivity contribution in [3.8, 4) is 0 Å². The third kappa shape index (κ3) is 5.31. The normalized spacial score (nSPS) is 13.0. The van der Waals surface area contributed by atoms with E-state index in [2.05, 4.69) is 10.3 Å². The van der Waals surface area contributed by atoms with Gasteiger partial charge in [-0.15, -0.1) is 0 Å². The smallest absolute Gasteiger partial charge is 0.223 e. The summed E-state index contributed by atoms with van der Waals surface area (Å²) in [6.07, 6.45) is 2.89. The molecule has 0 fully saturated rings. The molecule has 0 radical (unpaired) electrons.